The van der Waals surface area contributed by atoms with Crippen molar-refractivity contribution in [1.82, 2.24) is 0 Å². The normalized spacial score (nSPS) is 13.1. The molecule has 0 aromatic rings. The van der Waals surface area contributed by atoms with Crippen molar-refractivity contribution in [2.24, 2.45) is 0 Å². The second kappa shape index (κ2) is 54.9. The monoisotopic (exact) mass is 901 g/mol. The lowest BCUT2D eigenvalue weighted by atomic mass is 10.0. The molecule has 0 heterocycles. The van der Waals surface area contributed by atoms with Crippen LogP contribution < -0.4 is 0 Å². The van der Waals surface area contributed by atoms with E-state index in [1.165, 1.54) is 122 Å². The summed E-state index contributed by atoms with van der Waals surface area (Å²) >= 11 is 0. The first-order chi connectivity index (χ1) is 32.1. The molecule has 370 valence electrons. The number of aliphatic hydroxyl groups is 1. The molecule has 0 rings (SSSR count). The van der Waals surface area contributed by atoms with Crippen molar-refractivity contribution in [1.29, 1.82) is 0 Å². The van der Waals surface area contributed by atoms with Crippen LogP contribution in [-0.4, -0.2) is 36.4 Å². The van der Waals surface area contributed by atoms with Crippen molar-refractivity contribution < 1.29 is 24.2 Å². The van der Waals surface area contributed by atoms with Crippen LogP contribution in [0.25, 0.3) is 0 Å². The molecule has 0 radical (unpaired) electrons. The number of carbonyl (C=O) groups is 2. The molecule has 0 amide bonds. The Morgan fingerprint density at radius 3 is 0.985 bits per heavy atom. The van der Waals surface area contributed by atoms with E-state index in [-0.39, 0.29) is 31.6 Å². The molecule has 1 unspecified atom stereocenters. The van der Waals surface area contributed by atoms with Crippen LogP contribution in [0.5, 0.6) is 0 Å². The summed E-state index contributed by atoms with van der Waals surface area (Å²) in [4.78, 5) is 24.5. The number of aliphatic hydroxyl groups excluding tert-OH is 1. The lowest BCUT2D eigenvalue weighted by Crippen LogP contribution is -2.28. The van der Waals surface area contributed by atoms with Gasteiger partial charge >= 0.3 is 11.9 Å². The summed E-state index contributed by atoms with van der Waals surface area (Å²) in [6, 6.07) is 0. The summed E-state index contributed by atoms with van der Waals surface area (Å²) in [5.74, 6) is -0.660. The molecule has 0 aliphatic carbocycles. The number of unbranched alkanes of at least 4 members (excludes halogenated alkanes) is 22. The Labute approximate surface area is 401 Å². The Kier molecular flexibility index (Phi) is 52.0. The van der Waals surface area contributed by atoms with E-state index >= 15 is 0 Å². The Morgan fingerprint density at radius 1 is 0.369 bits per heavy atom. The molecule has 1 N–H and O–H groups in total. The van der Waals surface area contributed by atoms with Gasteiger partial charge in [-0.2, -0.15) is 0 Å². The highest BCUT2D eigenvalue weighted by Gasteiger charge is 2.16. The van der Waals surface area contributed by atoms with Crippen molar-refractivity contribution in [3.05, 3.63) is 109 Å². The first-order valence-electron chi connectivity index (χ1n) is 26.9. The summed E-state index contributed by atoms with van der Waals surface area (Å²) in [5.41, 5.74) is 0. The molecule has 0 bridgehead atoms. The van der Waals surface area contributed by atoms with E-state index in [9.17, 15) is 14.7 Å². The summed E-state index contributed by atoms with van der Waals surface area (Å²) in [6.45, 7) is 4.00. The Bertz CT molecular complexity index is 1290. The summed E-state index contributed by atoms with van der Waals surface area (Å²) in [7, 11) is 0. The minimum atomic E-state index is -0.809. The first-order valence-corrected chi connectivity index (χ1v) is 26.9. The highest BCUT2D eigenvalue weighted by atomic mass is 16.6. The van der Waals surface area contributed by atoms with Gasteiger partial charge in [0.2, 0.25) is 0 Å². The Morgan fingerprint density at radius 2 is 0.662 bits per heavy atom. The molecule has 0 saturated heterocycles. The van der Waals surface area contributed by atoms with Gasteiger partial charge in [0.05, 0.1) is 6.61 Å². The van der Waals surface area contributed by atoms with Gasteiger partial charge in [-0.25, -0.2) is 0 Å². The first kappa shape index (κ1) is 61.6. The third-order valence-electron chi connectivity index (χ3n) is 11.3. The fourth-order valence-electron chi connectivity index (χ4n) is 7.32. The molecule has 0 aliphatic rings. The van der Waals surface area contributed by atoms with E-state index in [1.807, 2.05) is 0 Å². The predicted molar refractivity (Wildman–Crippen MR) is 283 cm³/mol. The van der Waals surface area contributed by atoms with Gasteiger partial charge in [0.1, 0.15) is 6.61 Å². The second-order valence-corrected chi connectivity index (χ2v) is 17.6. The molecule has 0 spiro atoms. The summed E-state index contributed by atoms with van der Waals surface area (Å²) in [6.07, 6.45) is 79.1. The topological polar surface area (TPSA) is 72.8 Å². The molecular weight excluding hydrogens is 801 g/mol. The van der Waals surface area contributed by atoms with Gasteiger partial charge in [0, 0.05) is 12.8 Å². The molecule has 0 aliphatic heterocycles. The minimum absolute atomic E-state index is 0.0929. The zero-order valence-corrected chi connectivity index (χ0v) is 42.2. The van der Waals surface area contributed by atoms with Crippen LogP contribution in [0, 0.1) is 0 Å². The average Bonchev–Trinajstić information content (AvgIpc) is 3.31. The van der Waals surface area contributed by atoms with Crippen molar-refractivity contribution in [2.45, 2.75) is 245 Å². The van der Waals surface area contributed by atoms with E-state index < -0.39 is 6.10 Å². The van der Waals surface area contributed by atoms with E-state index in [4.69, 9.17) is 9.47 Å². The minimum Gasteiger partial charge on any atom is -0.462 e. The smallest absolute Gasteiger partial charge is 0.306 e. The number of allylic oxidation sites excluding steroid dienone is 18. The third kappa shape index (κ3) is 53.1. The summed E-state index contributed by atoms with van der Waals surface area (Å²) in [5, 5.41) is 9.63. The summed E-state index contributed by atoms with van der Waals surface area (Å²) < 4.78 is 10.6. The number of esters is 2. The molecular formula is C60H100O5. The number of rotatable bonds is 48. The lowest BCUT2D eigenvalue weighted by molar-refractivity contribution is -0.161. The highest BCUT2D eigenvalue weighted by Crippen LogP contribution is 2.16. The van der Waals surface area contributed by atoms with Crippen LogP contribution in [0.15, 0.2) is 109 Å². The Hall–Kier alpha value is -3.44. The van der Waals surface area contributed by atoms with Gasteiger partial charge < -0.3 is 14.6 Å². The van der Waals surface area contributed by atoms with Gasteiger partial charge in [-0.15, -0.1) is 0 Å². The number of carbonyl (C=O) groups excluding carboxylic acids is 2. The maximum absolute atomic E-state index is 12.3. The van der Waals surface area contributed by atoms with E-state index in [1.54, 1.807) is 0 Å². The van der Waals surface area contributed by atoms with Crippen LogP contribution in [0.1, 0.15) is 239 Å². The van der Waals surface area contributed by atoms with Gasteiger partial charge in [-0.1, -0.05) is 258 Å². The van der Waals surface area contributed by atoms with Gasteiger partial charge in [0.25, 0.3) is 0 Å². The van der Waals surface area contributed by atoms with Crippen LogP contribution in [-0.2, 0) is 19.1 Å². The van der Waals surface area contributed by atoms with Crippen LogP contribution in [0.3, 0.4) is 0 Å². The average molecular weight is 901 g/mol. The molecule has 0 saturated carbocycles. The zero-order chi connectivity index (χ0) is 47.0. The molecule has 0 aromatic heterocycles. The van der Waals surface area contributed by atoms with Gasteiger partial charge in [0.15, 0.2) is 6.10 Å². The second-order valence-electron chi connectivity index (χ2n) is 17.6. The number of ether oxygens (including phenoxy) is 2. The molecule has 5 heteroatoms. The molecule has 0 aromatic carbocycles. The van der Waals surface area contributed by atoms with E-state index in [2.05, 4.69) is 123 Å². The van der Waals surface area contributed by atoms with Crippen LogP contribution in [0.2, 0.25) is 0 Å². The highest BCUT2D eigenvalue weighted by molar-refractivity contribution is 5.70. The van der Waals surface area contributed by atoms with E-state index in [0.29, 0.717) is 12.8 Å². The third-order valence-corrected chi connectivity index (χ3v) is 11.3. The fraction of sp³-hybridized carbons (Fsp3) is 0.667. The van der Waals surface area contributed by atoms with Gasteiger partial charge in [-0.05, 0) is 77.0 Å². The van der Waals surface area contributed by atoms with Crippen molar-refractivity contribution in [3.63, 3.8) is 0 Å². The molecule has 65 heavy (non-hydrogen) atoms. The standard InChI is InChI=1S/C60H100O5/c1-3-5-7-9-11-13-15-17-19-21-23-25-27-28-29-30-31-32-33-35-37-39-41-43-45-47-49-51-53-55-60(63)65-58(56-61)57-64-59(62)54-52-50-48-46-44-42-40-38-36-34-26-24-22-20-18-16-14-12-10-8-6-4-2/h5,7,11,13,17,19,23,25,28-29,31-32,35,37,41,43,47,49,58,61H,3-4,6,8-10,12,14-16,18,20-22,24,26-27,30,33-34,36,38-40,42,44-46,48,50-57H2,1-2H3/b7-5-,13-11-,19-17-,25-23-,29-28-,32-31-,37-35-,43-41-,49-47-. The lowest BCUT2D eigenvalue weighted by Gasteiger charge is -2.15. The predicted octanol–water partition coefficient (Wildman–Crippen LogP) is 18.1. The van der Waals surface area contributed by atoms with Crippen LogP contribution in [0.4, 0.5) is 0 Å². The van der Waals surface area contributed by atoms with Crippen LogP contribution >= 0.6 is 0 Å². The Balaban J connectivity index is 3.64. The van der Waals surface area contributed by atoms with Crippen molar-refractivity contribution >= 4 is 11.9 Å². The SMILES string of the molecule is CC/C=C\C/C=C\C/C=C\C/C=C\C/C=C\C/C=C\C/C=C\C/C=C\C/C=C\CCCC(=O)OC(CO)COC(=O)CCCCCCCCCCCCCCCCCCCCCCCC. The maximum Gasteiger partial charge on any atom is 0.306 e. The van der Waals surface area contributed by atoms with Crippen molar-refractivity contribution in [2.75, 3.05) is 13.2 Å². The zero-order valence-electron chi connectivity index (χ0n) is 42.2. The largest absolute Gasteiger partial charge is 0.462 e. The number of hydrogen-bond donors (Lipinski definition) is 1. The molecule has 0 fully saturated rings. The van der Waals surface area contributed by atoms with Gasteiger partial charge in [-0.3, -0.25) is 9.59 Å². The van der Waals surface area contributed by atoms with Crippen molar-refractivity contribution in [3.8, 4) is 0 Å². The fourth-order valence-corrected chi connectivity index (χ4v) is 7.32. The maximum atomic E-state index is 12.3. The number of hydrogen-bond acceptors (Lipinski definition) is 5. The van der Waals surface area contributed by atoms with E-state index in [0.717, 1.165) is 83.5 Å². The molecule has 1 atom stereocenters. The quantitative estimate of drug-likeness (QED) is 0.0374. The molecule has 5 nitrogen and oxygen atoms in total.